The highest BCUT2D eigenvalue weighted by Crippen LogP contribution is 2.31. The van der Waals surface area contributed by atoms with E-state index in [0.29, 0.717) is 35.4 Å². The van der Waals surface area contributed by atoms with E-state index in [1.807, 2.05) is 41.3 Å². The zero-order valence-corrected chi connectivity index (χ0v) is 22.1. The number of nitrogens with zero attached hydrogens (tertiary/aromatic N) is 4. The number of fused-ring (bicyclic) bond motifs is 1. The highest BCUT2D eigenvalue weighted by atomic mass is 16.5. The molecule has 38 heavy (non-hydrogen) atoms. The zero-order valence-electron chi connectivity index (χ0n) is 22.1. The number of methoxy groups -OCH3 is 1. The number of hydrogen-bond acceptors (Lipinski definition) is 7. The Balaban J connectivity index is 1.36. The summed E-state index contributed by atoms with van der Waals surface area (Å²) in [4.78, 5) is 49.7. The number of nitrogens with one attached hydrogen (secondary N) is 2. The Labute approximate surface area is 221 Å². The molecule has 0 unspecified atom stereocenters. The van der Waals surface area contributed by atoms with Gasteiger partial charge in [0.25, 0.3) is 5.91 Å². The quantitative estimate of drug-likeness (QED) is 0.534. The van der Waals surface area contributed by atoms with Crippen LogP contribution < -0.4 is 25.3 Å². The fraction of sp³-hybridized carbons (Fsp3) is 0.393. The van der Waals surface area contributed by atoms with Gasteiger partial charge in [-0.05, 0) is 43.4 Å². The molecule has 0 radical (unpaired) electrons. The van der Waals surface area contributed by atoms with Crippen molar-refractivity contribution in [2.45, 2.75) is 6.92 Å². The van der Waals surface area contributed by atoms with Gasteiger partial charge in [-0.15, -0.1) is 0 Å². The molecule has 2 aliphatic heterocycles. The molecule has 2 saturated heterocycles. The van der Waals surface area contributed by atoms with Gasteiger partial charge in [-0.1, -0.05) is 0 Å². The molecule has 2 aliphatic rings. The van der Waals surface area contributed by atoms with Crippen molar-refractivity contribution in [2.75, 3.05) is 81.6 Å². The van der Waals surface area contributed by atoms with Crippen molar-refractivity contribution >= 4 is 39.8 Å². The van der Waals surface area contributed by atoms with E-state index in [0.717, 1.165) is 50.6 Å². The van der Waals surface area contributed by atoms with E-state index in [1.54, 1.807) is 6.92 Å². The van der Waals surface area contributed by atoms with E-state index in [-0.39, 0.29) is 22.9 Å². The number of amides is 2. The fourth-order valence-electron chi connectivity index (χ4n) is 5.15. The largest absolute Gasteiger partial charge is 0.496 e. The first kappa shape index (κ1) is 25.6. The van der Waals surface area contributed by atoms with Gasteiger partial charge in [0.1, 0.15) is 11.4 Å². The van der Waals surface area contributed by atoms with Crippen LogP contribution in [-0.4, -0.2) is 93.1 Å². The van der Waals surface area contributed by atoms with Crippen LogP contribution in [0.3, 0.4) is 0 Å². The Kier molecular flexibility index (Phi) is 7.24. The first-order chi connectivity index (χ1) is 18.3. The summed E-state index contributed by atoms with van der Waals surface area (Å²) in [6, 6.07) is 12.7. The number of pyridine rings is 1. The molecule has 0 bridgehead atoms. The summed E-state index contributed by atoms with van der Waals surface area (Å²) >= 11 is 0. The Morgan fingerprint density at radius 2 is 1.55 bits per heavy atom. The van der Waals surface area contributed by atoms with E-state index < -0.39 is 0 Å². The van der Waals surface area contributed by atoms with Gasteiger partial charge in [0.15, 0.2) is 5.43 Å². The Morgan fingerprint density at radius 1 is 0.895 bits per heavy atom. The van der Waals surface area contributed by atoms with Crippen LogP contribution in [0.4, 0.5) is 17.1 Å². The Bertz CT molecular complexity index is 1390. The molecule has 10 heteroatoms. The summed E-state index contributed by atoms with van der Waals surface area (Å²) in [5.74, 6) is 0.188. The predicted molar refractivity (Wildman–Crippen MR) is 150 cm³/mol. The molecule has 5 rings (SSSR count). The summed E-state index contributed by atoms with van der Waals surface area (Å²) in [5, 5.41) is 3.34. The Morgan fingerprint density at radius 3 is 2.18 bits per heavy atom. The first-order valence-electron chi connectivity index (χ1n) is 12.9. The standard InChI is InChI=1S/C28H34N6O4/c1-19(35)32-14-16-33(17-15-32)21-6-4-20(5-7-21)29-28(37)22-18-24(36)26-25(38-3)9-8-23(27(26)30-22)34-12-10-31(2)11-13-34/h4-9,18H,10-17H2,1-3H3,(H,29,37)(H,30,36). The van der Waals surface area contributed by atoms with Gasteiger partial charge >= 0.3 is 0 Å². The lowest BCUT2D eigenvalue weighted by Gasteiger charge is -2.35. The van der Waals surface area contributed by atoms with Crippen LogP contribution in [0.1, 0.15) is 17.4 Å². The van der Waals surface area contributed by atoms with E-state index in [4.69, 9.17) is 4.74 Å². The second kappa shape index (κ2) is 10.7. The zero-order chi connectivity index (χ0) is 26.8. The van der Waals surface area contributed by atoms with Gasteiger partial charge in [0.2, 0.25) is 5.91 Å². The number of benzene rings is 2. The van der Waals surface area contributed by atoms with Crippen LogP contribution in [0.2, 0.25) is 0 Å². The number of ether oxygens (including phenoxy) is 1. The van der Waals surface area contributed by atoms with Crippen molar-refractivity contribution in [1.82, 2.24) is 14.8 Å². The molecule has 10 nitrogen and oxygen atoms in total. The van der Waals surface area contributed by atoms with Crippen LogP contribution in [-0.2, 0) is 4.79 Å². The van der Waals surface area contributed by atoms with Crippen molar-refractivity contribution in [3.63, 3.8) is 0 Å². The second-order valence-corrected chi connectivity index (χ2v) is 9.87. The molecule has 2 aromatic carbocycles. The van der Waals surface area contributed by atoms with E-state index in [2.05, 4.69) is 32.0 Å². The maximum Gasteiger partial charge on any atom is 0.272 e. The summed E-state index contributed by atoms with van der Waals surface area (Å²) in [6.07, 6.45) is 0. The number of H-pyrrole nitrogens is 1. The molecule has 3 heterocycles. The van der Waals surface area contributed by atoms with Crippen LogP contribution in [0.15, 0.2) is 47.3 Å². The topological polar surface area (TPSA) is 101 Å². The lowest BCUT2D eigenvalue weighted by Crippen LogP contribution is -2.48. The Hall–Kier alpha value is -4.05. The third-order valence-corrected chi connectivity index (χ3v) is 7.45. The summed E-state index contributed by atoms with van der Waals surface area (Å²) in [6.45, 7) is 8.01. The van der Waals surface area contributed by atoms with Gasteiger partial charge in [0.05, 0.1) is 23.7 Å². The maximum atomic E-state index is 13.2. The average molecular weight is 519 g/mol. The molecule has 0 atom stereocenters. The van der Waals surface area contributed by atoms with Crippen molar-refractivity contribution < 1.29 is 14.3 Å². The monoisotopic (exact) mass is 518 g/mol. The highest BCUT2D eigenvalue weighted by molar-refractivity contribution is 6.05. The molecule has 200 valence electrons. The maximum absolute atomic E-state index is 13.2. The number of piperazine rings is 2. The van der Waals surface area contributed by atoms with E-state index in [1.165, 1.54) is 13.2 Å². The molecule has 2 amide bonds. The minimum Gasteiger partial charge on any atom is -0.496 e. The molecule has 3 aromatic rings. The SMILES string of the molecule is COc1ccc(N2CCN(C)CC2)c2[nH]c(C(=O)Nc3ccc(N4CCN(C(C)=O)CC4)cc3)cc(=O)c12. The van der Waals surface area contributed by atoms with Crippen molar-refractivity contribution in [3.05, 3.63) is 58.4 Å². The van der Waals surface area contributed by atoms with E-state index in [9.17, 15) is 14.4 Å². The minimum atomic E-state index is -0.390. The third kappa shape index (κ3) is 5.17. The highest BCUT2D eigenvalue weighted by Gasteiger charge is 2.22. The summed E-state index contributed by atoms with van der Waals surface area (Å²) < 4.78 is 5.47. The smallest absolute Gasteiger partial charge is 0.272 e. The number of rotatable bonds is 5. The van der Waals surface area contributed by atoms with Crippen LogP contribution >= 0.6 is 0 Å². The number of anilines is 3. The lowest BCUT2D eigenvalue weighted by atomic mass is 10.1. The van der Waals surface area contributed by atoms with Crippen molar-refractivity contribution in [3.8, 4) is 5.75 Å². The normalized spacial score (nSPS) is 16.6. The second-order valence-electron chi connectivity index (χ2n) is 9.87. The fourth-order valence-corrected chi connectivity index (χ4v) is 5.15. The van der Waals surface area contributed by atoms with Gasteiger partial charge < -0.3 is 34.6 Å². The minimum absolute atomic E-state index is 0.100. The van der Waals surface area contributed by atoms with Crippen molar-refractivity contribution in [1.29, 1.82) is 0 Å². The van der Waals surface area contributed by atoms with Gasteiger partial charge in [-0.25, -0.2) is 0 Å². The predicted octanol–water partition coefficient (Wildman–Crippen LogP) is 2.21. The molecule has 0 saturated carbocycles. The van der Waals surface area contributed by atoms with Gasteiger partial charge in [0, 0.05) is 76.7 Å². The number of hydrogen-bond donors (Lipinski definition) is 2. The average Bonchev–Trinajstić information content (AvgIpc) is 2.93. The van der Waals surface area contributed by atoms with Gasteiger partial charge in [-0.3, -0.25) is 14.4 Å². The molecular weight excluding hydrogens is 484 g/mol. The third-order valence-electron chi connectivity index (χ3n) is 7.45. The number of carbonyl (C=O) groups is 2. The summed E-state index contributed by atoms with van der Waals surface area (Å²) in [5.41, 5.74) is 3.08. The number of likely N-dealkylation sites (N-methyl/N-ethyl adjacent to an activating group) is 1. The molecular formula is C28H34N6O4. The molecule has 1 aromatic heterocycles. The molecule has 2 N–H and O–H groups in total. The lowest BCUT2D eigenvalue weighted by molar-refractivity contribution is -0.129. The van der Waals surface area contributed by atoms with Crippen LogP contribution in [0.25, 0.3) is 10.9 Å². The van der Waals surface area contributed by atoms with Crippen LogP contribution in [0, 0.1) is 0 Å². The number of aromatic amines is 1. The number of aromatic nitrogens is 1. The van der Waals surface area contributed by atoms with Crippen LogP contribution in [0.5, 0.6) is 5.75 Å². The molecule has 0 aliphatic carbocycles. The van der Waals surface area contributed by atoms with Gasteiger partial charge in [-0.2, -0.15) is 0 Å². The molecule has 0 spiro atoms. The van der Waals surface area contributed by atoms with E-state index >= 15 is 0 Å². The molecule has 2 fully saturated rings. The summed E-state index contributed by atoms with van der Waals surface area (Å²) in [7, 11) is 3.63. The van der Waals surface area contributed by atoms with Crippen molar-refractivity contribution in [2.24, 2.45) is 0 Å². The first-order valence-corrected chi connectivity index (χ1v) is 12.9. The number of carbonyl (C=O) groups excluding carboxylic acids is 2.